The van der Waals surface area contributed by atoms with E-state index in [1.807, 2.05) is 19.1 Å². The van der Waals surface area contributed by atoms with Crippen LogP contribution in [0.25, 0.3) is 0 Å². The van der Waals surface area contributed by atoms with Gasteiger partial charge in [0.2, 0.25) is 10.0 Å². The van der Waals surface area contributed by atoms with Gasteiger partial charge in [-0.05, 0) is 43.9 Å². The quantitative estimate of drug-likeness (QED) is 0.890. The summed E-state index contributed by atoms with van der Waals surface area (Å²) >= 11 is 0. The molecule has 0 bridgehead atoms. The Morgan fingerprint density at radius 2 is 2.05 bits per heavy atom. The first-order valence-corrected chi connectivity index (χ1v) is 8.32. The SMILES string of the molecule is Cc1ccccc1S(=O)(=O)N1C[C@@H]2CCCN[C@@H]2C1. The zero-order chi connectivity index (χ0) is 13.5. The first kappa shape index (κ1) is 13.1. The van der Waals surface area contributed by atoms with Crippen LogP contribution in [0.5, 0.6) is 0 Å². The number of piperidine rings is 1. The lowest BCUT2D eigenvalue weighted by Gasteiger charge is -2.24. The molecule has 0 unspecified atom stereocenters. The average Bonchev–Trinajstić information content (AvgIpc) is 2.83. The van der Waals surface area contributed by atoms with Crippen molar-refractivity contribution >= 4 is 10.0 Å². The number of benzene rings is 1. The van der Waals surface area contributed by atoms with Crippen LogP contribution in [0, 0.1) is 12.8 Å². The zero-order valence-electron chi connectivity index (χ0n) is 11.2. The summed E-state index contributed by atoms with van der Waals surface area (Å²) < 4.78 is 27.0. The molecule has 0 saturated carbocycles. The summed E-state index contributed by atoms with van der Waals surface area (Å²) in [4.78, 5) is 0.452. The maximum atomic E-state index is 12.7. The molecule has 3 rings (SSSR count). The van der Waals surface area contributed by atoms with Gasteiger partial charge in [0.25, 0.3) is 0 Å². The molecule has 0 radical (unpaired) electrons. The van der Waals surface area contributed by atoms with Crippen molar-refractivity contribution in [1.29, 1.82) is 0 Å². The average molecular weight is 280 g/mol. The van der Waals surface area contributed by atoms with E-state index in [0.717, 1.165) is 24.9 Å². The second-order valence-corrected chi connectivity index (χ2v) is 7.46. The second-order valence-electron chi connectivity index (χ2n) is 5.55. The van der Waals surface area contributed by atoms with Crippen molar-refractivity contribution in [3.05, 3.63) is 29.8 Å². The summed E-state index contributed by atoms with van der Waals surface area (Å²) in [6.45, 7) is 4.14. The van der Waals surface area contributed by atoms with E-state index in [1.165, 1.54) is 0 Å². The molecule has 1 N–H and O–H groups in total. The summed E-state index contributed by atoms with van der Waals surface area (Å²) in [6, 6.07) is 7.57. The third-order valence-electron chi connectivity index (χ3n) is 4.28. The van der Waals surface area contributed by atoms with Crippen LogP contribution in [0.2, 0.25) is 0 Å². The van der Waals surface area contributed by atoms with Crippen LogP contribution < -0.4 is 5.32 Å². The molecular formula is C14H20N2O2S. The van der Waals surface area contributed by atoms with Gasteiger partial charge in [-0.1, -0.05) is 18.2 Å². The highest BCUT2D eigenvalue weighted by atomic mass is 32.2. The summed E-state index contributed by atoms with van der Waals surface area (Å²) in [5.74, 6) is 0.479. The minimum absolute atomic E-state index is 0.340. The lowest BCUT2D eigenvalue weighted by Crippen LogP contribution is -2.41. The Morgan fingerprint density at radius 1 is 1.26 bits per heavy atom. The summed E-state index contributed by atoms with van der Waals surface area (Å²) in [5.41, 5.74) is 0.824. The molecule has 2 aliphatic rings. The van der Waals surface area contributed by atoms with E-state index in [1.54, 1.807) is 16.4 Å². The maximum absolute atomic E-state index is 12.7. The summed E-state index contributed by atoms with van der Waals surface area (Å²) in [7, 11) is -3.33. The Balaban J connectivity index is 1.88. The number of aryl methyl sites for hydroxylation is 1. The Labute approximate surface area is 114 Å². The van der Waals surface area contributed by atoms with E-state index in [-0.39, 0.29) is 0 Å². The number of hydrogen-bond acceptors (Lipinski definition) is 3. The van der Waals surface area contributed by atoms with E-state index >= 15 is 0 Å². The first-order chi connectivity index (χ1) is 9.09. The molecule has 1 aromatic rings. The molecule has 2 fully saturated rings. The van der Waals surface area contributed by atoms with E-state index < -0.39 is 10.0 Å². The van der Waals surface area contributed by atoms with Crippen molar-refractivity contribution in [2.45, 2.75) is 30.7 Å². The van der Waals surface area contributed by atoms with Gasteiger partial charge in [0.15, 0.2) is 0 Å². The Morgan fingerprint density at radius 3 is 2.79 bits per heavy atom. The van der Waals surface area contributed by atoms with Crippen LogP contribution in [0.4, 0.5) is 0 Å². The number of fused-ring (bicyclic) bond motifs is 1. The van der Waals surface area contributed by atoms with Crippen LogP contribution >= 0.6 is 0 Å². The molecule has 4 nitrogen and oxygen atoms in total. The van der Waals surface area contributed by atoms with E-state index in [9.17, 15) is 8.42 Å². The van der Waals surface area contributed by atoms with Gasteiger partial charge in [0, 0.05) is 19.1 Å². The first-order valence-electron chi connectivity index (χ1n) is 6.88. The highest BCUT2D eigenvalue weighted by Crippen LogP contribution is 2.30. The zero-order valence-corrected chi connectivity index (χ0v) is 12.0. The maximum Gasteiger partial charge on any atom is 0.243 e. The van der Waals surface area contributed by atoms with Crippen molar-refractivity contribution in [2.75, 3.05) is 19.6 Å². The lowest BCUT2D eigenvalue weighted by molar-refractivity contribution is 0.339. The van der Waals surface area contributed by atoms with Gasteiger partial charge in [-0.3, -0.25) is 0 Å². The molecule has 104 valence electrons. The molecule has 0 spiro atoms. The van der Waals surface area contributed by atoms with E-state index in [4.69, 9.17) is 0 Å². The standard InChI is InChI=1S/C14H20N2O2S/c1-11-5-2-3-7-14(11)19(17,18)16-9-12-6-4-8-15-13(12)10-16/h2-3,5,7,12-13,15H,4,6,8-10H2,1H3/t12-,13+/m0/s1. The van der Waals surface area contributed by atoms with Crippen LogP contribution in [0.15, 0.2) is 29.2 Å². The minimum atomic E-state index is -3.33. The van der Waals surface area contributed by atoms with Crippen LogP contribution in [0.1, 0.15) is 18.4 Å². The van der Waals surface area contributed by atoms with Crippen molar-refractivity contribution in [3.8, 4) is 0 Å². The van der Waals surface area contributed by atoms with Gasteiger partial charge in [-0.2, -0.15) is 4.31 Å². The van der Waals surface area contributed by atoms with Crippen molar-refractivity contribution in [2.24, 2.45) is 5.92 Å². The number of hydrogen-bond donors (Lipinski definition) is 1. The van der Waals surface area contributed by atoms with Gasteiger partial charge >= 0.3 is 0 Å². The van der Waals surface area contributed by atoms with Crippen molar-refractivity contribution in [3.63, 3.8) is 0 Å². The van der Waals surface area contributed by atoms with Gasteiger partial charge in [0.1, 0.15) is 0 Å². The highest BCUT2D eigenvalue weighted by Gasteiger charge is 2.40. The number of rotatable bonds is 2. The molecule has 1 aromatic carbocycles. The Hall–Kier alpha value is -0.910. The normalized spacial score (nSPS) is 28.3. The van der Waals surface area contributed by atoms with Gasteiger partial charge in [-0.15, -0.1) is 0 Å². The topological polar surface area (TPSA) is 49.4 Å². The molecule has 19 heavy (non-hydrogen) atoms. The Bertz CT molecular complexity index is 557. The van der Waals surface area contributed by atoms with Gasteiger partial charge in [0.05, 0.1) is 4.90 Å². The molecule has 0 aliphatic carbocycles. The number of nitrogens with one attached hydrogen (secondary N) is 1. The van der Waals surface area contributed by atoms with Crippen LogP contribution in [-0.2, 0) is 10.0 Å². The Kier molecular flexibility index (Phi) is 3.37. The fourth-order valence-electron chi connectivity index (χ4n) is 3.19. The number of nitrogens with zero attached hydrogens (tertiary/aromatic N) is 1. The largest absolute Gasteiger partial charge is 0.312 e. The van der Waals surface area contributed by atoms with Crippen LogP contribution in [-0.4, -0.2) is 38.4 Å². The van der Waals surface area contributed by atoms with Gasteiger partial charge in [-0.25, -0.2) is 8.42 Å². The van der Waals surface area contributed by atoms with E-state index in [0.29, 0.717) is 29.9 Å². The highest BCUT2D eigenvalue weighted by molar-refractivity contribution is 7.89. The molecular weight excluding hydrogens is 260 g/mol. The van der Waals surface area contributed by atoms with Gasteiger partial charge < -0.3 is 5.32 Å². The fraction of sp³-hybridized carbons (Fsp3) is 0.571. The molecule has 0 amide bonds. The summed E-state index contributed by atoms with van der Waals surface area (Å²) in [6.07, 6.45) is 2.29. The van der Waals surface area contributed by atoms with Crippen LogP contribution in [0.3, 0.4) is 0 Å². The molecule has 2 heterocycles. The predicted molar refractivity (Wildman–Crippen MR) is 74.5 cm³/mol. The lowest BCUT2D eigenvalue weighted by atomic mass is 9.94. The van der Waals surface area contributed by atoms with Crippen molar-refractivity contribution < 1.29 is 8.42 Å². The second kappa shape index (κ2) is 4.89. The monoisotopic (exact) mass is 280 g/mol. The fourth-order valence-corrected chi connectivity index (χ4v) is 4.94. The smallest absolute Gasteiger partial charge is 0.243 e. The summed E-state index contributed by atoms with van der Waals surface area (Å²) in [5, 5.41) is 3.44. The number of sulfonamides is 1. The van der Waals surface area contributed by atoms with E-state index in [2.05, 4.69) is 5.32 Å². The predicted octanol–water partition coefficient (Wildman–Crippen LogP) is 1.37. The third-order valence-corrected chi connectivity index (χ3v) is 6.27. The van der Waals surface area contributed by atoms with Crippen molar-refractivity contribution in [1.82, 2.24) is 9.62 Å². The molecule has 2 atom stereocenters. The molecule has 2 saturated heterocycles. The molecule has 2 aliphatic heterocycles. The molecule has 5 heteroatoms. The minimum Gasteiger partial charge on any atom is -0.312 e. The molecule has 0 aromatic heterocycles. The third kappa shape index (κ3) is 2.30.